The lowest BCUT2D eigenvalue weighted by Gasteiger charge is -2.27. The van der Waals surface area contributed by atoms with Gasteiger partial charge in [0.25, 0.3) is 0 Å². The van der Waals surface area contributed by atoms with Crippen molar-refractivity contribution in [2.75, 3.05) is 6.54 Å². The first-order valence-corrected chi connectivity index (χ1v) is 10.2. The van der Waals surface area contributed by atoms with Crippen molar-refractivity contribution in [3.63, 3.8) is 0 Å². The van der Waals surface area contributed by atoms with Gasteiger partial charge in [0.1, 0.15) is 0 Å². The molecule has 0 unspecified atom stereocenters. The molecule has 1 saturated carbocycles. The molecule has 0 radical (unpaired) electrons. The number of nitrogens with zero attached hydrogens (tertiary/aromatic N) is 3. The molecule has 138 valence electrons. The van der Waals surface area contributed by atoms with Crippen LogP contribution in [0.3, 0.4) is 0 Å². The van der Waals surface area contributed by atoms with E-state index in [4.69, 9.17) is 12.2 Å². The molecule has 0 amide bonds. The highest BCUT2D eigenvalue weighted by atomic mass is 32.1. The maximum Gasteiger partial charge on any atom is 0.170 e. The lowest BCUT2D eigenvalue weighted by Crippen LogP contribution is -2.29. The smallest absolute Gasteiger partial charge is 0.170 e. The van der Waals surface area contributed by atoms with Crippen molar-refractivity contribution in [2.45, 2.75) is 64.6 Å². The van der Waals surface area contributed by atoms with E-state index in [2.05, 4.69) is 58.7 Å². The van der Waals surface area contributed by atoms with Gasteiger partial charge in [-0.25, -0.2) is 0 Å². The fourth-order valence-electron chi connectivity index (χ4n) is 4.91. The Hall–Kier alpha value is -1.88. The van der Waals surface area contributed by atoms with Crippen molar-refractivity contribution in [3.05, 3.63) is 53.1 Å². The van der Waals surface area contributed by atoms with Crippen LogP contribution >= 0.6 is 12.2 Å². The molecule has 4 rings (SSSR count). The van der Waals surface area contributed by atoms with Gasteiger partial charge in [0.05, 0.1) is 17.8 Å². The monoisotopic (exact) mass is 368 g/mol. The Morgan fingerprint density at radius 1 is 1.23 bits per heavy atom. The Kier molecular flexibility index (Phi) is 4.74. The molecule has 0 aromatic carbocycles. The highest BCUT2D eigenvalue weighted by Gasteiger charge is 2.40. The highest BCUT2D eigenvalue weighted by molar-refractivity contribution is 7.80. The standard InChI is InChI=1S/C21H28N4S/c1-4-24-20(19(23-21(24)26)18-11-7-8-12-22-18)17-13-14(2)25(15(17)3)16-9-5-6-10-16/h7-8,11-13,16,19-20H,4-6,9-10H2,1-3H3,(H,23,26)/t19-,20+/m1/s1. The van der Waals surface area contributed by atoms with E-state index in [-0.39, 0.29) is 12.1 Å². The van der Waals surface area contributed by atoms with Crippen molar-refractivity contribution >= 4 is 17.3 Å². The summed E-state index contributed by atoms with van der Waals surface area (Å²) in [5.74, 6) is 0. The highest BCUT2D eigenvalue weighted by Crippen LogP contribution is 2.42. The van der Waals surface area contributed by atoms with Gasteiger partial charge >= 0.3 is 0 Å². The van der Waals surface area contributed by atoms with Gasteiger partial charge in [-0.1, -0.05) is 18.9 Å². The van der Waals surface area contributed by atoms with Gasteiger partial charge in [0.15, 0.2) is 5.11 Å². The van der Waals surface area contributed by atoms with Gasteiger partial charge in [-0.15, -0.1) is 0 Å². The van der Waals surface area contributed by atoms with Crippen LogP contribution in [0.15, 0.2) is 30.5 Å². The fourth-order valence-corrected chi connectivity index (χ4v) is 5.28. The Balaban J connectivity index is 1.78. The number of thiocarbonyl (C=S) groups is 1. The molecule has 1 N–H and O–H groups in total. The number of aryl methyl sites for hydroxylation is 1. The largest absolute Gasteiger partial charge is 0.352 e. The molecule has 0 bridgehead atoms. The number of pyridine rings is 1. The molecular formula is C21H28N4S. The Bertz CT molecular complexity index is 792. The molecular weight excluding hydrogens is 340 g/mol. The van der Waals surface area contributed by atoms with E-state index in [1.807, 2.05) is 12.3 Å². The molecule has 2 aromatic heterocycles. The molecule has 26 heavy (non-hydrogen) atoms. The second-order valence-electron chi connectivity index (χ2n) is 7.55. The number of rotatable bonds is 4. The summed E-state index contributed by atoms with van der Waals surface area (Å²) in [6, 6.07) is 9.46. The van der Waals surface area contributed by atoms with E-state index < -0.39 is 0 Å². The fraction of sp³-hybridized carbons (Fsp3) is 0.524. The van der Waals surface area contributed by atoms with Crippen LogP contribution in [0.4, 0.5) is 0 Å². The summed E-state index contributed by atoms with van der Waals surface area (Å²) >= 11 is 5.66. The van der Waals surface area contributed by atoms with Gasteiger partial charge in [0.2, 0.25) is 0 Å². The van der Waals surface area contributed by atoms with Gasteiger partial charge in [-0.05, 0) is 69.6 Å². The van der Waals surface area contributed by atoms with Crippen LogP contribution in [0, 0.1) is 13.8 Å². The quantitative estimate of drug-likeness (QED) is 0.799. The Labute approximate surface area is 161 Å². The zero-order chi connectivity index (χ0) is 18.3. The van der Waals surface area contributed by atoms with E-state index in [0.29, 0.717) is 6.04 Å². The third-order valence-corrected chi connectivity index (χ3v) is 6.42. The van der Waals surface area contributed by atoms with Crippen molar-refractivity contribution < 1.29 is 0 Å². The average molecular weight is 369 g/mol. The molecule has 2 atom stereocenters. The summed E-state index contributed by atoms with van der Waals surface area (Å²) in [7, 11) is 0. The minimum absolute atomic E-state index is 0.0983. The van der Waals surface area contributed by atoms with Crippen LogP contribution in [0.25, 0.3) is 0 Å². The van der Waals surface area contributed by atoms with E-state index in [0.717, 1.165) is 17.4 Å². The minimum atomic E-state index is 0.0983. The third kappa shape index (κ3) is 2.82. The predicted molar refractivity (Wildman–Crippen MR) is 109 cm³/mol. The molecule has 5 heteroatoms. The normalized spacial score (nSPS) is 23.7. The summed E-state index contributed by atoms with van der Waals surface area (Å²) in [6.45, 7) is 7.61. The van der Waals surface area contributed by atoms with E-state index in [1.165, 1.54) is 42.6 Å². The minimum Gasteiger partial charge on any atom is -0.352 e. The van der Waals surface area contributed by atoms with Crippen LogP contribution in [-0.2, 0) is 0 Å². The maximum absolute atomic E-state index is 5.66. The first-order valence-electron chi connectivity index (χ1n) is 9.78. The topological polar surface area (TPSA) is 33.1 Å². The number of likely N-dealkylation sites (N-methyl/N-ethyl adjacent to an activating group) is 1. The summed E-state index contributed by atoms with van der Waals surface area (Å²) in [4.78, 5) is 6.94. The summed E-state index contributed by atoms with van der Waals surface area (Å²) in [5, 5.41) is 4.36. The number of hydrogen-bond acceptors (Lipinski definition) is 2. The molecule has 1 aliphatic carbocycles. The summed E-state index contributed by atoms with van der Waals surface area (Å²) in [5.41, 5.74) is 5.21. The first kappa shape index (κ1) is 17.5. The van der Waals surface area contributed by atoms with Crippen LogP contribution < -0.4 is 5.32 Å². The van der Waals surface area contributed by atoms with Gasteiger partial charge in [-0.2, -0.15) is 0 Å². The third-order valence-electron chi connectivity index (χ3n) is 6.07. The molecule has 0 spiro atoms. The van der Waals surface area contributed by atoms with Crippen molar-refractivity contribution in [2.24, 2.45) is 0 Å². The lowest BCUT2D eigenvalue weighted by atomic mass is 9.97. The van der Waals surface area contributed by atoms with Crippen molar-refractivity contribution in [1.82, 2.24) is 19.8 Å². The van der Waals surface area contributed by atoms with Crippen molar-refractivity contribution in [3.8, 4) is 0 Å². The molecule has 4 nitrogen and oxygen atoms in total. The van der Waals surface area contributed by atoms with Crippen LogP contribution in [-0.4, -0.2) is 26.1 Å². The van der Waals surface area contributed by atoms with Gasteiger partial charge in [0, 0.05) is 30.2 Å². The second kappa shape index (κ2) is 7.03. The van der Waals surface area contributed by atoms with E-state index in [1.54, 1.807) is 0 Å². The summed E-state index contributed by atoms with van der Waals surface area (Å²) < 4.78 is 2.58. The number of nitrogens with one attached hydrogen (secondary N) is 1. The molecule has 1 aliphatic heterocycles. The van der Waals surface area contributed by atoms with Crippen molar-refractivity contribution in [1.29, 1.82) is 0 Å². The SMILES string of the molecule is CCN1C(=S)N[C@H](c2ccccn2)[C@@H]1c1cc(C)n(C2CCCC2)c1C. The predicted octanol–water partition coefficient (Wildman–Crippen LogP) is 4.61. The van der Waals surface area contributed by atoms with Gasteiger partial charge < -0.3 is 14.8 Å². The Morgan fingerprint density at radius 2 is 2.00 bits per heavy atom. The van der Waals surface area contributed by atoms with Gasteiger partial charge in [-0.3, -0.25) is 4.98 Å². The Morgan fingerprint density at radius 3 is 2.65 bits per heavy atom. The molecule has 2 fully saturated rings. The molecule has 1 saturated heterocycles. The maximum atomic E-state index is 5.66. The van der Waals surface area contributed by atoms with Crippen LogP contribution in [0.1, 0.15) is 73.4 Å². The lowest BCUT2D eigenvalue weighted by molar-refractivity contribution is 0.328. The van der Waals surface area contributed by atoms with Crippen LogP contribution in [0.2, 0.25) is 0 Å². The first-order chi connectivity index (χ1) is 12.6. The number of aromatic nitrogens is 2. The number of hydrogen-bond donors (Lipinski definition) is 1. The average Bonchev–Trinajstić information content (AvgIpc) is 3.34. The molecule has 2 aromatic rings. The summed E-state index contributed by atoms with van der Waals surface area (Å²) in [6.07, 6.45) is 7.18. The van der Waals surface area contributed by atoms with E-state index in [9.17, 15) is 0 Å². The molecule has 2 aliphatic rings. The van der Waals surface area contributed by atoms with Crippen LogP contribution in [0.5, 0.6) is 0 Å². The molecule has 3 heterocycles. The second-order valence-corrected chi connectivity index (χ2v) is 7.93. The zero-order valence-electron chi connectivity index (χ0n) is 15.9. The van der Waals surface area contributed by atoms with E-state index >= 15 is 0 Å². The zero-order valence-corrected chi connectivity index (χ0v) is 16.7.